The van der Waals surface area contributed by atoms with Gasteiger partial charge in [-0.1, -0.05) is 60.7 Å². The average Bonchev–Trinajstić information content (AvgIpc) is 2.79. The van der Waals surface area contributed by atoms with E-state index in [4.69, 9.17) is 0 Å². The van der Waals surface area contributed by atoms with Crippen molar-refractivity contribution < 1.29 is 0 Å². The monoisotopic (exact) mass is 409 g/mol. The van der Waals surface area contributed by atoms with Crippen molar-refractivity contribution in [3.63, 3.8) is 0 Å². The molecule has 3 N–H and O–H groups in total. The molecule has 0 bridgehead atoms. The van der Waals surface area contributed by atoms with Crippen molar-refractivity contribution in [3.8, 4) is 0 Å². The summed E-state index contributed by atoms with van der Waals surface area (Å²) < 4.78 is 0. The molecule has 0 radical (unpaired) electrons. The van der Waals surface area contributed by atoms with Crippen molar-refractivity contribution in [2.24, 2.45) is 0 Å². The van der Waals surface area contributed by atoms with Crippen LogP contribution in [-0.2, 0) is 12.8 Å². The molecule has 0 unspecified atom stereocenters. The van der Waals surface area contributed by atoms with Crippen LogP contribution in [0.15, 0.2) is 60.7 Å². The Morgan fingerprint density at radius 3 is 1.10 bits per heavy atom. The molecule has 2 rings (SSSR count). The van der Waals surface area contributed by atoms with Crippen LogP contribution in [0.3, 0.4) is 0 Å². The van der Waals surface area contributed by atoms with Gasteiger partial charge in [0.25, 0.3) is 0 Å². The van der Waals surface area contributed by atoms with E-state index in [0.29, 0.717) is 0 Å². The predicted octanol–water partition coefficient (Wildman–Crippen LogP) is 4.97. The fourth-order valence-electron chi connectivity index (χ4n) is 3.66. The number of hydrogen-bond acceptors (Lipinski definition) is 3. The van der Waals surface area contributed by atoms with Gasteiger partial charge >= 0.3 is 0 Å². The van der Waals surface area contributed by atoms with E-state index in [1.807, 2.05) is 0 Å². The van der Waals surface area contributed by atoms with Gasteiger partial charge in [-0.3, -0.25) is 0 Å². The summed E-state index contributed by atoms with van der Waals surface area (Å²) in [6.07, 6.45) is 11.2. The van der Waals surface area contributed by atoms with Crippen LogP contribution >= 0.6 is 0 Å². The van der Waals surface area contributed by atoms with E-state index < -0.39 is 0 Å². The highest BCUT2D eigenvalue weighted by molar-refractivity contribution is 5.15. The summed E-state index contributed by atoms with van der Waals surface area (Å²) in [7, 11) is 0. The van der Waals surface area contributed by atoms with Gasteiger partial charge in [0.1, 0.15) is 0 Å². The number of nitrogens with one attached hydrogen (secondary N) is 3. The minimum Gasteiger partial charge on any atom is -0.317 e. The molecule has 0 saturated carbocycles. The predicted molar refractivity (Wildman–Crippen MR) is 131 cm³/mol. The van der Waals surface area contributed by atoms with Crippen molar-refractivity contribution in [3.05, 3.63) is 71.8 Å². The van der Waals surface area contributed by atoms with E-state index in [0.717, 1.165) is 39.3 Å². The lowest BCUT2D eigenvalue weighted by Crippen LogP contribution is -2.24. The third kappa shape index (κ3) is 13.5. The Morgan fingerprint density at radius 1 is 0.367 bits per heavy atom. The third-order valence-corrected chi connectivity index (χ3v) is 5.49. The third-order valence-electron chi connectivity index (χ3n) is 5.49. The van der Waals surface area contributed by atoms with Crippen LogP contribution in [0.5, 0.6) is 0 Å². The quantitative estimate of drug-likeness (QED) is 0.287. The molecule has 30 heavy (non-hydrogen) atoms. The normalized spacial score (nSPS) is 11.1. The van der Waals surface area contributed by atoms with E-state index in [9.17, 15) is 0 Å². The van der Waals surface area contributed by atoms with Gasteiger partial charge in [-0.2, -0.15) is 0 Å². The largest absolute Gasteiger partial charge is 0.317 e. The zero-order chi connectivity index (χ0) is 21.0. The van der Waals surface area contributed by atoms with E-state index in [1.165, 1.54) is 68.9 Å². The molecule has 0 amide bonds. The molecule has 2 aromatic rings. The number of unbranched alkanes of at least 4 members (excludes halogenated alkanes) is 3. The van der Waals surface area contributed by atoms with Gasteiger partial charge in [-0.25, -0.2) is 0 Å². The summed E-state index contributed by atoms with van der Waals surface area (Å²) in [4.78, 5) is 0. The Hall–Kier alpha value is -1.68. The first-order valence-corrected chi connectivity index (χ1v) is 12.1. The smallest absolute Gasteiger partial charge is 0.00368 e. The summed E-state index contributed by atoms with van der Waals surface area (Å²) in [5.41, 5.74) is 2.92. The highest BCUT2D eigenvalue weighted by Crippen LogP contribution is 2.04. The van der Waals surface area contributed by atoms with Crippen molar-refractivity contribution in [2.45, 2.75) is 57.8 Å². The number of benzene rings is 2. The maximum atomic E-state index is 3.58. The van der Waals surface area contributed by atoms with Gasteiger partial charge in [0, 0.05) is 0 Å². The molecule has 3 nitrogen and oxygen atoms in total. The highest BCUT2D eigenvalue weighted by atomic mass is 14.9. The van der Waals surface area contributed by atoms with E-state index >= 15 is 0 Å². The SMILES string of the molecule is c1ccc(CCCCNCCCCNCCCNCCCCc2ccccc2)cc1. The van der Waals surface area contributed by atoms with Gasteiger partial charge < -0.3 is 16.0 Å². The first kappa shape index (κ1) is 24.6. The van der Waals surface area contributed by atoms with Crippen LogP contribution in [0, 0.1) is 0 Å². The fraction of sp³-hybridized carbons (Fsp3) is 0.556. The minimum atomic E-state index is 1.13. The van der Waals surface area contributed by atoms with Crippen LogP contribution in [0.25, 0.3) is 0 Å². The molecule has 0 aliphatic rings. The molecule has 0 heterocycles. The van der Waals surface area contributed by atoms with Crippen LogP contribution in [0.1, 0.15) is 56.1 Å². The van der Waals surface area contributed by atoms with E-state index in [2.05, 4.69) is 76.6 Å². The van der Waals surface area contributed by atoms with Crippen molar-refractivity contribution in [1.29, 1.82) is 0 Å². The Morgan fingerprint density at radius 2 is 0.700 bits per heavy atom. The number of rotatable bonds is 19. The maximum Gasteiger partial charge on any atom is -0.00368 e. The second kappa shape index (κ2) is 18.1. The molecule has 2 aromatic carbocycles. The van der Waals surface area contributed by atoms with Crippen LogP contribution in [0.2, 0.25) is 0 Å². The van der Waals surface area contributed by atoms with E-state index in [-0.39, 0.29) is 0 Å². The Bertz CT molecular complexity index is 545. The zero-order valence-electron chi connectivity index (χ0n) is 18.9. The van der Waals surface area contributed by atoms with Crippen molar-refractivity contribution in [2.75, 3.05) is 39.3 Å². The topological polar surface area (TPSA) is 36.1 Å². The van der Waals surface area contributed by atoms with Crippen LogP contribution < -0.4 is 16.0 Å². The average molecular weight is 410 g/mol. The van der Waals surface area contributed by atoms with Gasteiger partial charge in [0.15, 0.2) is 0 Å². The lowest BCUT2D eigenvalue weighted by Gasteiger charge is -2.07. The fourth-order valence-corrected chi connectivity index (χ4v) is 3.66. The van der Waals surface area contributed by atoms with Crippen molar-refractivity contribution >= 4 is 0 Å². The molecule has 0 aromatic heterocycles. The maximum absolute atomic E-state index is 3.58. The number of aryl methyl sites for hydroxylation is 2. The molecule has 0 fully saturated rings. The van der Waals surface area contributed by atoms with Gasteiger partial charge in [-0.05, 0) is 108 Å². The highest BCUT2D eigenvalue weighted by Gasteiger charge is 1.95. The number of hydrogen-bond donors (Lipinski definition) is 3. The lowest BCUT2D eigenvalue weighted by molar-refractivity contribution is 0.546. The van der Waals surface area contributed by atoms with E-state index in [1.54, 1.807) is 0 Å². The lowest BCUT2D eigenvalue weighted by atomic mass is 10.1. The summed E-state index contributed by atoms with van der Waals surface area (Å²) in [6.45, 7) is 6.85. The molecule has 0 atom stereocenters. The molecule has 0 saturated heterocycles. The van der Waals surface area contributed by atoms with Gasteiger partial charge in [0.05, 0.1) is 0 Å². The van der Waals surface area contributed by atoms with Gasteiger partial charge in [0.2, 0.25) is 0 Å². The molecule has 166 valence electrons. The summed E-state index contributed by atoms with van der Waals surface area (Å²) in [6, 6.07) is 21.6. The van der Waals surface area contributed by atoms with Crippen LogP contribution in [0.4, 0.5) is 0 Å². The molecular formula is C27H43N3. The second-order valence-corrected chi connectivity index (χ2v) is 8.20. The zero-order valence-corrected chi connectivity index (χ0v) is 18.9. The van der Waals surface area contributed by atoms with Gasteiger partial charge in [-0.15, -0.1) is 0 Å². The Labute approximate surface area is 185 Å². The molecule has 3 heteroatoms. The molecular weight excluding hydrogens is 366 g/mol. The summed E-state index contributed by atoms with van der Waals surface area (Å²) in [5.74, 6) is 0. The Kier molecular flexibility index (Phi) is 14.8. The molecule has 0 aliphatic carbocycles. The summed E-state index contributed by atoms with van der Waals surface area (Å²) in [5, 5.41) is 10.7. The first-order chi connectivity index (χ1) is 14.9. The first-order valence-electron chi connectivity index (χ1n) is 12.1. The summed E-state index contributed by atoms with van der Waals surface area (Å²) >= 11 is 0. The Balaban J connectivity index is 1.23. The van der Waals surface area contributed by atoms with Crippen LogP contribution in [-0.4, -0.2) is 39.3 Å². The molecule has 0 aliphatic heterocycles. The standard InChI is InChI=1S/C27H43N3/c1-3-14-26(15-4-1)18-7-9-20-28-22-11-12-23-30-25-13-24-29-21-10-8-19-27-16-5-2-6-17-27/h1-6,14-17,28-30H,7-13,18-25H2. The second-order valence-electron chi connectivity index (χ2n) is 8.20. The molecule has 0 spiro atoms. The minimum absolute atomic E-state index is 1.13. The van der Waals surface area contributed by atoms with Crippen molar-refractivity contribution in [1.82, 2.24) is 16.0 Å².